The first-order valence-corrected chi connectivity index (χ1v) is 8.90. The molecular formula is C18H24N6. The second-order valence-electron chi connectivity index (χ2n) is 6.68. The summed E-state index contributed by atoms with van der Waals surface area (Å²) in [5, 5.41) is 0. The minimum absolute atomic E-state index is 0.595. The number of nitrogens with zero attached hydrogens (tertiary/aromatic N) is 6. The summed E-state index contributed by atoms with van der Waals surface area (Å²) in [6.45, 7) is 7.91. The minimum atomic E-state index is 0.595. The summed E-state index contributed by atoms with van der Waals surface area (Å²) >= 11 is 0. The maximum Gasteiger partial charge on any atom is 0.225 e. The lowest BCUT2D eigenvalue weighted by atomic mass is 10.2. The predicted octanol–water partition coefficient (Wildman–Crippen LogP) is 2.34. The van der Waals surface area contributed by atoms with Crippen LogP contribution in [0.3, 0.4) is 0 Å². The van der Waals surface area contributed by atoms with E-state index in [1.165, 1.54) is 12.8 Å². The number of anilines is 2. The fourth-order valence-electron chi connectivity index (χ4n) is 3.09. The second-order valence-corrected chi connectivity index (χ2v) is 6.68. The van der Waals surface area contributed by atoms with Crippen molar-refractivity contribution >= 4 is 11.8 Å². The number of aryl methyl sites for hydroxylation is 2. The molecule has 0 atom stereocenters. The van der Waals surface area contributed by atoms with Crippen molar-refractivity contribution in [1.82, 2.24) is 19.9 Å². The Morgan fingerprint density at radius 3 is 2.46 bits per heavy atom. The Hall–Kier alpha value is -2.24. The van der Waals surface area contributed by atoms with Crippen molar-refractivity contribution in [3.05, 3.63) is 35.5 Å². The van der Waals surface area contributed by atoms with Crippen LogP contribution >= 0.6 is 0 Å². The molecule has 1 saturated heterocycles. The first-order chi connectivity index (χ1) is 11.7. The van der Waals surface area contributed by atoms with Gasteiger partial charge in [0.25, 0.3) is 0 Å². The molecule has 0 radical (unpaired) electrons. The summed E-state index contributed by atoms with van der Waals surface area (Å²) in [5.74, 6) is 3.57. The molecule has 0 unspecified atom stereocenters. The molecule has 4 rings (SSSR count). The van der Waals surface area contributed by atoms with Crippen molar-refractivity contribution < 1.29 is 0 Å². The van der Waals surface area contributed by atoms with E-state index >= 15 is 0 Å². The Labute approximate surface area is 143 Å². The lowest BCUT2D eigenvalue weighted by Crippen LogP contribution is -2.47. The molecule has 2 aromatic heterocycles. The van der Waals surface area contributed by atoms with Gasteiger partial charge in [-0.25, -0.2) is 19.9 Å². The molecule has 0 bridgehead atoms. The molecule has 0 spiro atoms. The van der Waals surface area contributed by atoms with Gasteiger partial charge in [-0.1, -0.05) is 6.92 Å². The molecule has 1 saturated carbocycles. The van der Waals surface area contributed by atoms with Crippen molar-refractivity contribution in [3.8, 4) is 0 Å². The monoisotopic (exact) mass is 324 g/mol. The molecule has 0 N–H and O–H groups in total. The number of aromatic nitrogens is 4. The zero-order valence-corrected chi connectivity index (χ0v) is 14.4. The molecule has 0 amide bonds. The average Bonchev–Trinajstić information content (AvgIpc) is 3.47. The molecule has 6 nitrogen and oxygen atoms in total. The molecular weight excluding hydrogens is 300 g/mol. The highest BCUT2D eigenvalue weighted by Gasteiger charge is 2.28. The van der Waals surface area contributed by atoms with Gasteiger partial charge in [-0.2, -0.15) is 0 Å². The smallest absolute Gasteiger partial charge is 0.225 e. The van der Waals surface area contributed by atoms with Gasteiger partial charge in [0.15, 0.2) is 0 Å². The third kappa shape index (κ3) is 3.18. The maximum atomic E-state index is 4.84. The summed E-state index contributed by atoms with van der Waals surface area (Å²) in [5.41, 5.74) is 2.17. The SMILES string of the molecule is CCc1cc(N2CCN(c3nccc(C)n3)CC2)nc(C2CC2)n1. The second kappa shape index (κ2) is 6.34. The lowest BCUT2D eigenvalue weighted by molar-refractivity contribution is 0.630. The molecule has 2 aliphatic rings. The van der Waals surface area contributed by atoms with Gasteiger partial charge in [0.2, 0.25) is 5.95 Å². The normalized spacial score (nSPS) is 18.1. The molecule has 2 fully saturated rings. The molecule has 24 heavy (non-hydrogen) atoms. The first-order valence-electron chi connectivity index (χ1n) is 8.90. The zero-order valence-electron chi connectivity index (χ0n) is 14.4. The number of hydrogen-bond donors (Lipinski definition) is 0. The lowest BCUT2D eigenvalue weighted by Gasteiger charge is -2.35. The van der Waals surface area contributed by atoms with E-state index in [1.54, 1.807) is 0 Å². The maximum absolute atomic E-state index is 4.84. The molecule has 1 aliphatic carbocycles. The van der Waals surface area contributed by atoms with E-state index in [2.05, 4.69) is 32.8 Å². The van der Waals surface area contributed by atoms with Crippen molar-refractivity contribution in [2.24, 2.45) is 0 Å². The van der Waals surface area contributed by atoms with E-state index in [0.717, 1.165) is 61.6 Å². The van der Waals surface area contributed by atoms with Crippen LogP contribution < -0.4 is 9.80 Å². The molecule has 1 aliphatic heterocycles. The minimum Gasteiger partial charge on any atom is -0.353 e. The van der Waals surface area contributed by atoms with Crippen LogP contribution in [0.1, 0.15) is 42.9 Å². The van der Waals surface area contributed by atoms with Gasteiger partial charge < -0.3 is 9.80 Å². The number of rotatable bonds is 4. The van der Waals surface area contributed by atoms with Gasteiger partial charge in [0, 0.05) is 55.7 Å². The van der Waals surface area contributed by atoms with Crippen molar-refractivity contribution in [2.45, 2.75) is 39.0 Å². The van der Waals surface area contributed by atoms with Crippen LogP contribution in [0.25, 0.3) is 0 Å². The third-order valence-electron chi connectivity index (χ3n) is 4.76. The van der Waals surface area contributed by atoms with Crippen molar-refractivity contribution in [1.29, 1.82) is 0 Å². The van der Waals surface area contributed by atoms with Crippen LogP contribution in [0.2, 0.25) is 0 Å². The standard InChI is InChI=1S/C18H24N6/c1-3-15-12-16(22-17(21-15)14-4-5-14)23-8-10-24(11-9-23)18-19-7-6-13(2)20-18/h6-7,12,14H,3-5,8-11H2,1-2H3. The summed E-state index contributed by atoms with van der Waals surface area (Å²) in [6.07, 6.45) is 5.28. The summed E-state index contributed by atoms with van der Waals surface area (Å²) < 4.78 is 0. The van der Waals surface area contributed by atoms with E-state index in [1.807, 2.05) is 19.2 Å². The quantitative estimate of drug-likeness (QED) is 0.860. The number of hydrogen-bond acceptors (Lipinski definition) is 6. The average molecular weight is 324 g/mol. The van der Waals surface area contributed by atoms with Crippen molar-refractivity contribution in [3.63, 3.8) is 0 Å². The van der Waals surface area contributed by atoms with E-state index in [9.17, 15) is 0 Å². The first kappa shape index (κ1) is 15.3. The van der Waals surface area contributed by atoms with Gasteiger partial charge >= 0.3 is 0 Å². The Morgan fingerprint density at radius 1 is 1.04 bits per heavy atom. The van der Waals surface area contributed by atoms with Crippen LogP contribution in [0.15, 0.2) is 18.3 Å². The van der Waals surface area contributed by atoms with Crippen LogP contribution in [0.5, 0.6) is 0 Å². The Kier molecular flexibility index (Phi) is 4.04. The Balaban J connectivity index is 1.48. The highest BCUT2D eigenvalue weighted by atomic mass is 15.3. The van der Waals surface area contributed by atoms with Crippen LogP contribution in [-0.2, 0) is 6.42 Å². The fraction of sp³-hybridized carbons (Fsp3) is 0.556. The van der Waals surface area contributed by atoms with Crippen LogP contribution in [0, 0.1) is 6.92 Å². The van der Waals surface area contributed by atoms with E-state index in [0.29, 0.717) is 5.92 Å². The van der Waals surface area contributed by atoms with Crippen LogP contribution in [0.4, 0.5) is 11.8 Å². The van der Waals surface area contributed by atoms with Crippen molar-refractivity contribution in [2.75, 3.05) is 36.0 Å². The molecule has 2 aromatic rings. The predicted molar refractivity (Wildman–Crippen MR) is 94.6 cm³/mol. The third-order valence-corrected chi connectivity index (χ3v) is 4.76. The topological polar surface area (TPSA) is 58.0 Å². The summed E-state index contributed by atoms with van der Waals surface area (Å²) in [6, 6.07) is 4.09. The Bertz CT molecular complexity index is 719. The molecule has 6 heteroatoms. The number of piperazine rings is 1. The van der Waals surface area contributed by atoms with Gasteiger partial charge in [-0.3, -0.25) is 0 Å². The van der Waals surface area contributed by atoms with Gasteiger partial charge in [-0.05, 0) is 32.3 Å². The fourth-order valence-corrected chi connectivity index (χ4v) is 3.09. The highest BCUT2D eigenvalue weighted by molar-refractivity contribution is 5.44. The Morgan fingerprint density at radius 2 is 1.79 bits per heavy atom. The van der Waals surface area contributed by atoms with E-state index in [4.69, 9.17) is 9.97 Å². The molecule has 0 aromatic carbocycles. The summed E-state index contributed by atoms with van der Waals surface area (Å²) in [4.78, 5) is 23.1. The van der Waals surface area contributed by atoms with Crippen LogP contribution in [-0.4, -0.2) is 46.1 Å². The van der Waals surface area contributed by atoms with E-state index in [-0.39, 0.29) is 0 Å². The van der Waals surface area contributed by atoms with Gasteiger partial charge in [0.05, 0.1) is 0 Å². The van der Waals surface area contributed by atoms with Gasteiger partial charge in [0.1, 0.15) is 11.6 Å². The zero-order chi connectivity index (χ0) is 16.5. The highest BCUT2D eigenvalue weighted by Crippen LogP contribution is 2.38. The molecule has 126 valence electrons. The van der Waals surface area contributed by atoms with E-state index < -0.39 is 0 Å². The largest absolute Gasteiger partial charge is 0.353 e. The van der Waals surface area contributed by atoms with Gasteiger partial charge in [-0.15, -0.1) is 0 Å². The summed E-state index contributed by atoms with van der Waals surface area (Å²) in [7, 11) is 0. The molecule has 3 heterocycles.